The standard InChI is InChI=1S/C23H31N3O5/c1-17(27)25-23(12-6-3-7-13-23)22(30)31-16-20(28)26-14-10-18(11-15-26)21(29)24-19-8-4-2-5-9-19/h2,4-5,8-9,18H,3,6-7,10-16H2,1H3,(H,24,29)(H,25,27). The summed E-state index contributed by atoms with van der Waals surface area (Å²) in [6.45, 7) is 1.92. The number of piperidine rings is 1. The molecule has 0 bridgehead atoms. The van der Waals surface area contributed by atoms with Gasteiger partial charge < -0.3 is 20.3 Å². The molecule has 0 aromatic heterocycles. The van der Waals surface area contributed by atoms with Crippen LogP contribution in [-0.4, -0.2) is 53.8 Å². The molecule has 1 aliphatic heterocycles. The Labute approximate surface area is 182 Å². The normalized spacial score (nSPS) is 18.7. The lowest BCUT2D eigenvalue weighted by atomic mass is 9.81. The molecule has 1 aromatic carbocycles. The lowest BCUT2D eigenvalue weighted by Gasteiger charge is -2.35. The zero-order valence-corrected chi connectivity index (χ0v) is 18.0. The third-order valence-electron chi connectivity index (χ3n) is 6.10. The minimum atomic E-state index is -1.02. The van der Waals surface area contributed by atoms with E-state index in [2.05, 4.69) is 10.6 Å². The van der Waals surface area contributed by atoms with E-state index < -0.39 is 11.5 Å². The zero-order valence-electron chi connectivity index (χ0n) is 18.0. The summed E-state index contributed by atoms with van der Waals surface area (Å²) in [4.78, 5) is 50.9. The number of esters is 1. The minimum Gasteiger partial charge on any atom is -0.454 e. The summed E-state index contributed by atoms with van der Waals surface area (Å²) in [5.41, 5.74) is -0.263. The van der Waals surface area contributed by atoms with Crippen LogP contribution in [0, 0.1) is 5.92 Å². The van der Waals surface area contributed by atoms with Crippen LogP contribution in [0.4, 0.5) is 5.69 Å². The predicted octanol–water partition coefficient (Wildman–Crippen LogP) is 2.25. The van der Waals surface area contributed by atoms with Gasteiger partial charge in [-0.1, -0.05) is 37.5 Å². The van der Waals surface area contributed by atoms with E-state index in [0.29, 0.717) is 38.8 Å². The summed E-state index contributed by atoms with van der Waals surface area (Å²) in [6.07, 6.45) is 4.87. The molecule has 1 heterocycles. The fourth-order valence-corrected chi connectivity index (χ4v) is 4.39. The number of hydrogen-bond donors (Lipinski definition) is 2. The number of nitrogens with one attached hydrogen (secondary N) is 2. The van der Waals surface area contributed by atoms with Crippen molar-refractivity contribution in [2.24, 2.45) is 5.92 Å². The van der Waals surface area contributed by atoms with Gasteiger partial charge in [0.1, 0.15) is 5.54 Å². The maximum Gasteiger partial charge on any atom is 0.332 e. The number of nitrogens with zero attached hydrogens (tertiary/aromatic N) is 1. The van der Waals surface area contributed by atoms with Crippen molar-refractivity contribution in [1.82, 2.24) is 10.2 Å². The zero-order chi connectivity index (χ0) is 22.3. The van der Waals surface area contributed by atoms with Gasteiger partial charge in [0.2, 0.25) is 11.8 Å². The number of ether oxygens (including phenoxy) is 1. The second-order valence-corrected chi connectivity index (χ2v) is 8.41. The maximum absolute atomic E-state index is 12.7. The summed E-state index contributed by atoms with van der Waals surface area (Å²) < 4.78 is 5.33. The summed E-state index contributed by atoms with van der Waals surface area (Å²) in [5.74, 6) is -1.28. The van der Waals surface area contributed by atoms with Gasteiger partial charge in [-0.3, -0.25) is 14.4 Å². The van der Waals surface area contributed by atoms with Crippen molar-refractivity contribution in [3.05, 3.63) is 30.3 Å². The van der Waals surface area contributed by atoms with Gasteiger partial charge in [-0.25, -0.2) is 4.79 Å². The van der Waals surface area contributed by atoms with Crippen LogP contribution in [0.15, 0.2) is 30.3 Å². The van der Waals surface area contributed by atoms with Gasteiger partial charge in [0.15, 0.2) is 6.61 Å². The molecule has 2 fully saturated rings. The molecule has 2 N–H and O–H groups in total. The molecular weight excluding hydrogens is 398 g/mol. The predicted molar refractivity (Wildman–Crippen MR) is 115 cm³/mol. The van der Waals surface area contributed by atoms with Crippen LogP contribution in [0.3, 0.4) is 0 Å². The Morgan fingerprint density at radius 3 is 2.29 bits per heavy atom. The van der Waals surface area contributed by atoms with Crippen LogP contribution in [-0.2, 0) is 23.9 Å². The molecule has 1 aliphatic carbocycles. The number of likely N-dealkylation sites (tertiary alicyclic amines) is 1. The third kappa shape index (κ3) is 6.06. The number of carbonyl (C=O) groups excluding carboxylic acids is 4. The molecule has 0 radical (unpaired) electrons. The molecule has 0 spiro atoms. The Morgan fingerprint density at radius 1 is 1.03 bits per heavy atom. The largest absolute Gasteiger partial charge is 0.454 e. The minimum absolute atomic E-state index is 0.0423. The lowest BCUT2D eigenvalue weighted by molar-refractivity contribution is -0.160. The molecule has 31 heavy (non-hydrogen) atoms. The number of hydrogen-bond acceptors (Lipinski definition) is 5. The monoisotopic (exact) mass is 429 g/mol. The van der Waals surface area contributed by atoms with E-state index in [1.165, 1.54) is 6.92 Å². The third-order valence-corrected chi connectivity index (χ3v) is 6.10. The molecule has 3 amide bonds. The number of benzene rings is 1. The molecule has 1 aromatic rings. The highest BCUT2D eigenvalue weighted by Gasteiger charge is 2.42. The Hall–Kier alpha value is -2.90. The van der Waals surface area contributed by atoms with Crippen LogP contribution < -0.4 is 10.6 Å². The topological polar surface area (TPSA) is 105 Å². The Balaban J connectivity index is 1.45. The quantitative estimate of drug-likeness (QED) is 0.675. The van der Waals surface area contributed by atoms with E-state index in [1.54, 1.807) is 4.90 Å². The van der Waals surface area contributed by atoms with Gasteiger partial charge in [-0.05, 0) is 37.8 Å². The van der Waals surface area contributed by atoms with E-state index in [-0.39, 0.29) is 30.2 Å². The van der Waals surface area contributed by atoms with Crippen molar-refractivity contribution >= 4 is 29.4 Å². The number of para-hydroxylation sites is 1. The Bertz CT molecular complexity index is 797. The van der Waals surface area contributed by atoms with Crippen molar-refractivity contribution in [2.45, 2.75) is 57.4 Å². The fraction of sp³-hybridized carbons (Fsp3) is 0.565. The number of anilines is 1. The summed E-state index contributed by atoms with van der Waals surface area (Å²) >= 11 is 0. The molecule has 2 aliphatic rings. The molecule has 0 atom stereocenters. The van der Waals surface area contributed by atoms with Gasteiger partial charge in [-0.2, -0.15) is 0 Å². The molecule has 8 nitrogen and oxygen atoms in total. The van der Waals surface area contributed by atoms with Crippen molar-refractivity contribution < 1.29 is 23.9 Å². The van der Waals surface area contributed by atoms with E-state index in [1.807, 2.05) is 30.3 Å². The molecule has 3 rings (SSSR count). The average molecular weight is 430 g/mol. The molecule has 1 saturated heterocycles. The van der Waals surface area contributed by atoms with E-state index in [4.69, 9.17) is 4.74 Å². The molecule has 8 heteroatoms. The first-order valence-electron chi connectivity index (χ1n) is 11.0. The van der Waals surface area contributed by atoms with Crippen LogP contribution >= 0.6 is 0 Å². The van der Waals surface area contributed by atoms with Crippen LogP contribution in [0.5, 0.6) is 0 Å². The highest BCUT2D eigenvalue weighted by atomic mass is 16.5. The average Bonchev–Trinajstić information content (AvgIpc) is 2.78. The maximum atomic E-state index is 12.7. The highest BCUT2D eigenvalue weighted by molar-refractivity contribution is 5.93. The second kappa shape index (κ2) is 10.4. The van der Waals surface area contributed by atoms with Gasteiger partial charge in [-0.15, -0.1) is 0 Å². The van der Waals surface area contributed by atoms with Crippen molar-refractivity contribution in [3.63, 3.8) is 0 Å². The second-order valence-electron chi connectivity index (χ2n) is 8.41. The van der Waals surface area contributed by atoms with Crippen LogP contribution in [0.2, 0.25) is 0 Å². The summed E-state index contributed by atoms with van der Waals surface area (Å²) in [5, 5.41) is 5.66. The van der Waals surface area contributed by atoms with Gasteiger partial charge >= 0.3 is 5.97 Å². The summed E-state index contributed by atoms with van der Waals surface area (Å²) in [6, 6.07) is 9.29. The first-order chi connectivity index (χ1) is 14.9. The van der Waals surface area contributed by atoms with E-state index in [0.717, 1.165) is 24.9 Å². The lowest BCUT2D eigenvalue weighted by Crippen LogP contribution is -2.56. The van der Waals surface area contributed by atoms with Gasteiger partial charge in [0, 0.05) is 31.6 Å². The number of carbonyl (C=O) groups is 4. The van der Waals surface area contributed by atoms with Gasteiger partial charge in [0.05, 0.1) is 0 Å². The summed E-state index contributed by atoms with van der Waals surface area (Å²) in [7, 11) is 0. The van der Waals surface area contributed by atoms with Gasteiger partial charge in [0.25, 0.3) is 5.91 Å². The van der Waals surface area contributed by atoms with Crippen LogP contribution in [0.25, 0.3) is 0 Å². The SMILES string of the molecule is CC(=O)NC1(C(=O)OCC(=O)N2CCC(C(=O)Nc3ccccc3)CC2)CCCCC1. The van der Waals surface area contributed by atoms with Crippen molar-refractivity contribution in [2.75, 3.05) is 25.0 Å². The number of rotatable bonds is 6. The number of amides is 3. The van der Waals surface area contributed by atoms with Crippen molar-refractivity contribution in [3.8, 4) is 0 Å². The molecular formula is C23H31N3O5. The Morgan fingerprint density at radius 2 is 1.68 bits per heavy atom. The molecule has 0 unspecified atom stereocenters. The smallest absolute Gasteiger partial charge is 0.332 e. The highest BCUT2D eigenvalue weighted by Crippen LogP contribution is 2.29. The van der Waals surface area contributed by atoms with E-state index in [9.17, 15) is 19.2 Å². The van der Waals surface area contributed by atoms with E-state index >= 15 is 0 Å². The molecule has 1 saturated carbocycles. The van der Waals surface area contributed by atoms with Crippen molar-refractivity contribution in [1.29, 1.82) is 0 Å². The van der Waals surface area contributed by atoms with Crippen LogP contribution in [0.1, 0.15) is 51.9 Å². The molecule has 168 valence electrons. The first-order valence-corrected chi connectivity index (χ1v) is 11.0. The fourth-order valence-electron chi connectivity index (χ4n) is 4.39. The Kier molecular flexibility index (Phi) is 7.65. The first kappa shape index (κ1) is 22.8.